The molecule has 1 saturated carbocycles. The highest BCUT2D eigenvalue weighted by molar-refractivity contribution is 7.08. The van der Waals surface area contributed by atoms with Gasteiger partial charge in [0.2, 0.25) is 0 Å². The molecule has 1 aromatic rings. The number of nitrogens with one attached hydrogen (secondary N) is 1. The maximum atomic E-state index is 12.6. The van der Waals surface area contributed by atoms with Crippen molar-refractivity contribution in [3.05, 3.63) is 10.6 Å². The average Bonchev–Trinajstić information content (AvgIpc) is 2.95. The Morgan fingerprint density at radius 3 is 3.04 bits per heavy atom. The van der Waals surface area contributed by atoms with E-state index in [0.717, 1.165) is 45.5 Å². The monoisotopic (exact) mass is 352 g/mol. The fraction of sp³-hybridized carbons (Fsp3) is 0.824. The van der Waals surface area contributed by atoms with Gasteiger partial charge in [-0.15, -0.1) is 5.10 Å². The van der Waals surface area contributed by atoms with E-state index in [4.69, 9.17) is 4.74 Å². The number of morpholine rings is 1. The molecule has 24 heavy (non-hydrogen) atoms. The largest absolute Gasteiger partial charge is 0.370 e. The summed E-state index contributed by atoms with van der Waals surface area (Å²) >= 11 is 1.17. The van der Waals surface area contributed by atoms with Crippen molar-refractivity contribution in [3.8, 4) is 0 Å². The van der Waals surface area contributed by atoms with Gasteiger partial charge in [0, 0.05) is 19.6 Å². The number of hydrogen-bond donors (Lipinski definition) is 1. The number of carbonyl (C=O) groups is 1. The Morgan fingerprint density at radius 2 is 2.33 bits per heavy atom. The van der Waals surface area contributed by atoms with Gasteiger partial charge in [-0.05, 0) is 37.2 Å². The van der Waals surface area contributed by atoms with Crippen LogP contribution < -0.4 is 5.32 Å². The van der Waals surface area contributed by atoms with Crippen LogP contribution in [0.1, 0.15) is 54.9 Å². The molecule has 3 rings (SSSR count). The van der Waals surface area contributed by atoms with E-state index in [-0.39, 0.29) is 17.6 Å². The molecule has 134 valence electrons. The molecule has 1 N–H and O–H groups in total. The Bertz CT molecular complexity index is 573. The number of aromatic nitrogens is 2. The molecule has 2 fully saturated rings. The lowest BCUT2D eigenvalue weighted by Gasteiger charge is -2.50. The number of rotatable bonds is 4. The third kappa shape index (κ3) is 3.78. The van der Waals surface area contributed by atoms with E-state index in [1.54, 1.807) is 0 Å². The summed E-state index contributed by atoms with van der Waals surface area (Å²) in [4.78, 5) is 15.7. The van der Waals surface area contributed by atoms with Crippen molar-refractivity contribution in [1.29, 1.82) is 0 Å². The smallest absolute Gasteiger partial charge is 0.265 e. The maximum Gasteiger partial charge on any atom is 0.265 e. The standard InChI is InChI=1S/C17H28N4O2S/c1-12(2)10-21-8-9-23-17(11-21)7-5-4-6-14(17)18-16(22)15-13(3)19-20-24-15/h12,14H,4-11H2,1-3H3,(H,18,22)/t14-,17-/m1/s1. The van der Waals surface area contributed by atoms with Crippen molar-refractivity contribution in [3.63, 3.8) is 0 Å². The van der Waals surface area contributed by atoms with Crippen LogP contribution in [0, 0.1) is 12.8 Å². The van der Waals surface area contributed by atoms with Crippen molar-refractivity contribution in [2.75, 3.05) is 26.2 Å². The second-order valence-corrected chi connectivity index (χ2v) is 8.26. The normalized spacial score (nSPS) is 28.4. The molecule has 6 nitrogen and oxygen atoms in total. The Labute approximate surface area is 148 Å². The van der Waals surface area contributed by atoms with E-state index in [0.29, 0.717) is 16.5 Å². The average molecular weight is 353 g/mol. The fourth-order valence-electron chi connectivity index (χ4n) is 3.99. The van der Waals surface area contributed by atoms with E-state index >= 15 is 0 Å². The number of hydrogen-bond acceptors (Lipinski definition) is 6. The maximum absolute atomic E-state index is 12.6. The summed E-state index contributed by atoms with van der Waals surface area (Å²) in [5.74, 6) is 0.584. The first-order chi connectivity index (χ1) is 11.5. The molecule has 0 radical (unpaired) electrons. The molecule has 1 aliphatic carbocycles. The molecule has 1 spiro atoms. The number of aryl methyl sites for hydroxylation is 1. The van der Waals surface area contributed by atoms with E-state index in [1.807, 2.05) is 6.92 Å². The number of nitrogens with zero attached hydrogens (tertiary/aromatic N) is 3. The summed E-state index contributed by atoms with van der Waals surface area (Å²) in [6.07, 6.45) is 4.31. The van der Waals surface area contributed by atoms with Crippen LogP contribution >= 0.6 is 11.5 Å². The van der Waals surface area contributed by atoms with Gasteiger partial charge in [0.15, 0.2) is 0 Å². The first-order valence-electron chi connectivity index (χ1n) is 8.96. The predicted molar refractivity (Wildman–Crippen MR) is 94.3 cm³/mol. The molecule has 1 aliphatic heterocycles. The Kier molecular flexibility index (Phi) is 5.52. The van der Waals surface area contributed by atoms with Gasteiger partial charge in [0.25, 0.3) is 5.91 Å². The van der Waals surface area contributed by atoms with Gasteiger partial charge in [-0.1, -0.05) is 31.2 Å². The lowest BCUT2D eigenvalue weighted by molar-refractivity contribution is -0.142. The van der Waals surface area contributed by atoms with Crippen molar-refractivity contribution in [2.24, 2.45) is 5.92 Å². The first-order valence-corrected chi connectivity index (χ1v) is 9.73. The van der Waals surface area contributed by atoms with Crippen LogP contribution in [0.15, 0.2) is 0 Å². The summed E-state index contributed by atoms with van der Waals surface area (Å²) in [6.45, 7) is 10.1. The topological polar surface area (TPSA) is 67.4 Å². The Morgan fingerprint density at radius 1 is 1.50 bits per heavy atom. The highest BCUT2D eigenvalue weighted by Crippen LogP contribution is 2.35. The van der Waals surface area contributed by atoms with Crippen molar-refractivity contribution < 1.29 is 9.53 Å². The highest BCUT2D eigenvalue weighted by atomic mass is 32.1. The van der Waals surface area contributed by atoms with Gasteiger partial charge in [0.1, 0.15) is 10.5 Å². The molecule has 7 heteroatoms. The quantitative estimate of drug-likeness (QED) is 0.900. The summed E-state index contributed by atoms with van der Waals surface area (Å²) in [5.41, 5.74) is 0.459. The minimum atomic E-state index is -0.243. The van der Waals surface area contributed by atoms with Crippen LogP contribution in [0.25, 0.3) is 0 Å². The van der Waals surface area contributed by atoms with Gasteiger partial charge < -0.3 is 10.1 Å². The Balaban J connectivity index is 1.73. The molecule has 0 bridgehead atoms. The highest BCUT2D eigenvalue weighted by Gasteiger charge is 2.46. The molecule has 1 amide bonds. The van der Waals surface area contributed by atoms with Crippen LogP contribution in [-0.4, -0.2) is 58.3 Å². The van der Waals surface area contributed by atoms with Crippen LogP contribution in [0.5, 0.6) is 0 Å². The zero-order chi connectivity index (χ0) is 17.2. The van der Waals surface area contributed by atoms with Crippen LogP contribution in [0.2, 0.25) is 0 Å². The number of amides is 1. The van der Waals surface area contributed by atoms with E-state index in [2.05, 4.69) is 33.7 Å². The molecule has 0 unspecified atom stereocenters. The van der Waals surface area contributed by atoms with E-state index < -0.39 is 0 Å². The zero-order valence-corrected chi connectivity index (χ0v) is 15.7. The molecule has 2 heterocycles. The van der Waals surface area contributed by atoms with E-state index in [1.165, 1.54) is 18.0 Å². The third-order valence-electron chi connectivity index (χ3n) is 5.05. The summed E-state index contributed by atoms with van der Waals surface area (Å²) in [6, 6.07) is 0.0650. The molecule has 2 aliphatic rings. The minimum absolute atomic E-state index is 0.0571. The van der Waals surface area contributed by atoms with Crippen molar-refractivity contribution in [2.45, 2.75) is 58.1 Å². The van der Waals surface area contributed by atoms with Crippen molar-refractivity contribution >= 4 is 17.4 Å². The van der Waals surface area contributed by atoms with Crippen LogP contribution in [-0.2, 0) is 4.74 Å². The second kappa shape index (κ2) is 7.45. The minimum Gasteiger partial charge on any atom is -0.370 e. The van der Waals surface area contributed by atoms with Gasteiger partial charge in [0.05, 0.1) is 18.3 Å². The Hall–Kier alpha value is -1.05. The molecule has 1 aromatic heterocycles. The molecular weight excluding hydrogens is 324 g/mol. The van der Waals surface area contributed by atoms with Gasteiger partial charge in [-0.2, -0.15) is 0 Å². The second-order valence-electron chi connectivity index (χ2n) is 7.50. The van der Waals surface area contributed by atoms with Gasteiger partial charge in [-0.3, -0.25) is 9.69 Å². The lowest BCUT2D eigenvalue weighted by Crippen LogP contribution is -2.64. The molecule has 1 saturated heterocycles. The SMILES string of the molecule is Cc1nnsc1C(=O)N[C@@H]1CCCC[C@@]12CN(CC(C)C)CCO2. The summed E-state index contributed by atoms with van der Waals surface area (Å²) < 4.78 is 10.2. The molecule has 2 atom stereocenters. The molecular formula is C17H28N4O2S. The van der Waals surface area contributed by atoms with Gasteiger partial charge in [-0.25, -0.2) is 0 Å². The molecule has 0 aromatic carbocycles. The van der Waals surface area contributed by atoms with Crippen LogP contribution in [0.4, 0.5) is 0 Å². The fourth-order valence-corrected chi connectivity index (χ4v) is 4.55. The summed E-state index contributed by atoms with van der Waals surface area (Å²) in [5, 5.41) is 7.18. The van der Waals surface area contributed by atoms with E-state index in [9.17, 15) is 4.79 Å². The number of carbonyl (C=O) groups excluding carboxylic acids is 1. The van der Waals surface area contributed by atoms with Crippen molar-refractivity contribution in [1.82, 2.24) is 19.8 Å². The van der Waals surface area contributed by atoms with Gasteiger partial charge >= 0.3 is 0 Å². The zero-order valence-electron chi connectivity index (χ0n) is 14.9. The first kappa shape index (κ1) is 17.8. The lowest BCUT2D eigenvalue weighted by atomic mass is 9.78. The third-order valence-corrected chi connectivity index (χ3v) is 5.88. The van der Waals surface area contributed by atoms with Crippen LogP contribution in [0.3, 0.4) is 0 Å². The predicted octanol–water partition coefficient (Wildman–Crippen LogP) is 2.25. The summed E-state index contributed by atoms with van der Waals surface area (Å²) in [7, 11) is 0. The number of ether oxygens (including phenoxy) is 1.